The van der Waals surface area contributed by atoms with E-state index in [0.717, 1.165) is 0 Å². The molecule has 3 fully saturated rings. The number of halogens is 2. The zero-order valence-corrected chi connectivity index (χ0v) is 17.2. The fraction of sp³-hybridized carbons (Fsp3) is 0.591. The first-order chi connectivity index (χ1) is 14.6. The average molecular weight is 431 g/mol. The van der Waals surface area contributed by atoms with Crippen LogP contribution in [-0.4, -0.2) is 47.4 Å². The number of hydrogen-bond acceptors (Lipinski definition) is 4. The maximum absolute atomic E-state index is 15.1. The number of likely N-dealkylation sites (tertiary alicyclic amines) is 1. The summed E-state index contributed by atoms with van der Waals surface area (Å²) in [5.74, 6) is -5.02. The number of alkyl halides is 2. The van der Waals surface area contributed by atoms with Gasteiger partial charge in [0.15, 0.2) is 0 Å². The highest BCUT2D eigenvalue weighted by molar-refractivity contribution is 5.81. The Hall–Kier alpha value is -2.73. The quantitative estimate of drug-likeness (QED) is 0.608. The molecule has 1 aromatic carbocycles. The second-order valence-corrected chi connectivity index (χ2v) is 9.38. The number of nitrogens with zero attached hydrogens (tertiary/aromatic N) is 2. The molecule has 1 spiro atoms. The molecule has 3 amide bonds. The summed E-state index contributed by atoms with van der Waals surface area (Å²) in [7, 11) is 0. The molecule has 0 aromatic heterocycles. The molecule has 7 nitrogen and oxygen atoms in total. The van der Waals surface area contributed by atoms with Gasteiger partial charge in [0.05, 0.1) is 6.07 Å². The summed E-state index contributed by atoms with van der Waals surface area (Å²) in [6.45, 7) is 0.522. The van der Waals surface area contributed by atoms with Gasteiger partial charge in [0, 0.05) is 43.3 Å². The van der Waals surface area contributed by atoms with Crippen molar-refractivity contribution in [1.82, 2.24) is 10.2 Å². The first-order valence-electron chi connectivity index (χ1n) is 10.5. The second-order valence-electron chi connectivity index (χ2n) is 9.38. The van der Waals surface area contributed by atoms with Crippen LogP contribution in [0.25, 0.3) is 0 Å². The van der Waals surface area contributed by atoms with Crippen LogP contribution in [0.3, 0.4) is 0 Å². The number of rotatable bonds is 7. The minimum absolute atomic E-state index is 0.253. The van der Waals surface area contributed by atoms with Crippen LogP contribution >= 0.6 is 0 Å². The lowest BCUT2D eigenvalue weighted by molar-refractivity contribution is -0.130. The van der Waals surface area contributed by atoms with Gasteiger partial charge in [0.2, 0.25) is 5.91 Å². The molecule has 3 unspecified atom stereocenters. The Balaban J connectivity index is 1.54. The SMILES string of the molecule is N#CC1(NC(=O)[C@@H](CC(F)(F)Cc2ccccc2)C2CC23CN(C(N)=O)CC3N)CC1. The van der Waals surface area contributed by atoms with Crippen LogP contribution < -0.4 is 16.8 Å². The molecular weight excluding hydrogens is 404 g/mol. The topological polar surface area (TPSA) is 125 Å². The Morgan fingerprint density at radius 1 is 1.32 bits per heavy atom. The zero-order valence-electron chi connectivity index (χ0n) is 17.2. The van der Waals surface area contributed by atoms with Crippen LogP contribution in [0.15, 0.2) is 30.3 Å². The van der Waals surface area contributed by atoms with Crippen LogP contribution in [0.1, 0.15) is 31.2 Å². The van der Waals surface area contributed by atoms with E-state index in [4.69, 9.17) is 11.5 Å². The van der Waals surface area contributed by atoms with E-state index >= 15 is 8.78 Å². The van der Waals surface area contributed by atoms with Gasteiger partial charge in [0.25, 0.3) is 5.92 Å². The summed E-state index contributed by atoms with van der Waals surface area (Å²) in [6, 6.07) is 9.48. The van der Waals surface area contributed by atoms with Crippen molar-refractivity contribution >= 4 is 11.9 Å². The van der Waals surface area contributed by atoms with Crippen LogP contribution in [0.5, 0.6) is 0 Å². The number of amides is 3. The number of carbonyl (C=O) groups is 2. The van der Waals surface area contributed by atoms with E-state index in [0.29, 0.717) is 24.8 Å². The third-order valence-corrected chi connectivity index (χ3v) is 7.10. The van der Waals surface area contributed by atoms with Crippen LogP contribution in [0, 0.1) is 28.6 Å². The van der Waals surface area contributed by atoms with Crippen molar-refractivity contribution in [2.75, 3.05) is 13.1 Å². The van der Waals surface area contributed by atoms with Gasteiger partial charge >= 0.3 is 6.03 Å². The minimum atomic E-state index is -3.11. The van der Waals surface area contributed by atoms with E-state index in [2.05, 4.69) is 11.4 Å². The van der Waals surface area contributed by atoms with Gasteiger partial charge < -0.3 is 21.7 Å². The number of nitrogens with two attached hydrogens (primary N) is 2. The molecule has 4 atom stereocenters. The number of benzene rings is 1. The van der Waals surface area contributed by atoms with Gasteiger partial charge in [-0.05, 0) is 30.7 Å². The van der Waals surface area contributed by atoms with E-state index < -0.39 is 53.6 Å². The van der Waals surface area contributed by atoms with Crippen molar-refractivity contribution in [3.8, 4) is 6.07 Å². The van der Waals surface area contributed by atoms with Crippen molar-refractivity contribution < 1.29 is 18.4 Å². The van der Waals surface area contributed by atoms with Gasteiger partial charge in [-0.1, -0.05) is 30.3 Å². The van der Waals surface area contributed by atoms with Crippen molar-refractivity contribution in [2.45, 2.75) is 49.6 Å². The highest BCUT2D eigenvalue weighted by Crippen LogP contribution is 2.62. The average Bonchev–Trinajstić information content (AvgIpc) is 3.60. The normalized spacial score (nSPS) is 29.3. The summed E-state index contributed by atoms with van der Waals surface area (Å²) in [6.07, 6.45) is 0.419. The molecule has 5 N–H and O–H groups in total. The molecule has 166 valence electrons. The number of hydrogen-bond donors (Lipinski definition) is 3. The van der Waals surface area contributed by atoms with E-state index in [-0.39, 0.29) is 19.0 Å². The monoisotopic (exact) mass is 431 g/mol. The van der Waals surface area contributed by atoms with Crippen molar-refractivity contribution in [3.05, 3.63) is 35.9 Å². The fourth-order valence-corrected chi connectivity index (χ4v) is 5.05. The van der Waals surface area contributed by atoms with Gasteiger partial charge in [-0.2, -0.15) is 5.26 Å². The molecule has 1 heterocycles. The first kappa shape index (κ1) is 21.5. The Labute approximate surface area is 179 Å². The Bertz CT molecular complexity index is 914. The Morgan fingerprint density at radius 3 is 2.55 bits per heavy atom. The minimum Gasteiger partial charge on any atom is -0.351 e. The lowest BCUT2D eigenvalue weighted by atomic mass is 9.85. The van der Waals surface area contributed by atoms with Crippen LogP contribution in [0.2, 0.25) is 0 Å². The van der Waals surface area contributed by atoms with Crippen molar-refractivity contribution in [1.29, 1.82) is 5.26 Å². The van der Waals surface area contributed by atoms with Crippen LogP contribution in [-0.2, 0) is 11.2 Å². The predicted molar refractivity (Wildman–Crippen MR) is 109 cm³/mol. The molecular formula is C22H27F2N5O2. The molecule has 3 aliphatic rings. The molecule has 1 saturated heterocycles. The van der Waals surface area contributed by atoms with Crippen molar-refractivity contribution in [3.63, 3.8) is 0 Å². The van der Waals surface area contributed by atoms with Gasteiger partial charge in [-0.15, -0.1) is 0 Å². The molecule has 2 saturated carbocycles. The molecule has 1 aliphatic heterocycles. The molecule has 0 bridgehead atoms. The van der Waals surface area contributed by atoms with E-state index in [9.17, 15) is 14.9 Å². The summed E-state index contributed by atoms with van der Waals surface area (Å²) in [5.41, 5.74) is 10.6. The lowest BCUT2D eigenvalue weighted by Crippen LogP contribution is -2.44. The summed E-state index contributed by atoms with van der Waals surface area (Å²) >= 11 is 0. The summed E-state index contributed by atoms with van der Waals surface area (Å²) < 4.78 is 30.1. The van der Waals surface area contributed by atoms with Gasteiger partial charge in [0.1, 0.15) is 5.54 Å². The molecule has 4 rings (SSSR count). The summed E-state index contributed by atoms with van der Waals surface area (Å²) in [4.78, 5) is 26.1. The second kappa shape index (κ2) is 7.45. The maximum Gasteiger partial charge on any atom is 0.314 e. The maximum atomic E-state index is 15.1. The van der Waals surface area contributed by atoms with E-state index in [1.54, 1.807) is 30.3 Å². The smallest absolute Gasteiger partial charge is 0.314 e. The number of primary amides is 1. The molecule has 0 radical (unpaired) electrons. The summed E-state index contributed by atoms with van der Waals surface area (Å²) in [5, 5.41) is 12.0. The highest BCUT2D eigenvalue weighted by atomic mass is 19.3. The third-order valence-electron chi connectivity index (χ3n) is 7.10. The highest BCUT2D eigenvalue weighted by Gasteiger charge is 2.67. The van der Waals surface area contributed by atoms with Gasteiger partial charge in [-0.25, -0.2) is 13.6 Å². The van der Waals surface area contributed by atoms with Crippen LogP contribution in [0.4, 0.5) is 13.6 Å². The van der Waals surface area contributed by atoms with Gasteiger partial charge in [-0.3, -0.25) is 4.79 Å². The number of nitriles is 1. The fourth-order valence-electron chi connectivity index (χ4n) is 5.05. The van der Waals surface area contributed by atoms with Crippen molar-refractivity contribution in [2.24, 2.45) is 28.7 Å². The number of urea groups is 1. The first-order valence-corrected chi connectivity index (χ1v) is 10.5. The largest absolute Gasteiger partial charge is 0.351 e. The standard InChI is InChI=1S/C22H27F2N5O2/c23-22(24,8-14-4-2-1-3-5-14)9-15(18(30)28-20(12-25)6-7-20)16-10-21(16)13-29(19(27)31)11-17(21)26/h1-5,15-17H,6-11,13,26H2,(H2,27,31)(H,28,30)/t15-,16?,17?,21?/m0/s1. The predicted octanol–water partition coefficient (Wildman–Crippen LogP) is 1.77. The molecule has 9 heteroatoms. The lowest BCUT2D eigenvalue weighted by Gasteiger charge is -2.26. The Kier molecular flexibility index (Phi) is 5.16. The van der Waals surface area contributed by atoms with E-state index in [1.165, 1.54) is 4.90 Å². The number of carbonyl (C=O) groups excluding carboxylic acids is 2. The zero-order chi connectivity index (χ0) is 22.4. The third kappa shape index (κ3) is 4.22. The molecule has 2 aliphatic carbocycles. The number of nitrogens with one attached hydrogen (secondary N) is 1. The van der Waals surface area contributed by atoms with E-state index in [1.807, 2.05) is 0 Å². The molecule has 1 aromatic rings. The molecule has 31 heavy (non-hydrogen) atoms. The Morgan fingerprint density at radius 2 is 2.00 bits per heavy atom.